The van der Waals surface area contributed by atoms with Gasteiger partial charge in [-0.15, -0.1) is 0 Å². The van der Waals surface area contributed by atoms with Gasteiger partial charge in [-0.1, -0.05) is 31.4 Å². The highest BCUT2D eigenvalue weighted by Crippen LogP contribution is 2.17. The molecule has 0 aliphatic heterocycles. The Balaban J connectivity index is 1.74. The lowest BCUT2D eigenvalue weighted by molar-refractivity contribution is 0.0920. The fourth-order valence-electron chi connectivity index (χ4n) is 2.95. The Labute approximate surface area is 139 Å². The Morgan fingerprint density at radius 3 is 2.54 bits per heavy atom. The highest BCUT2D eigenvalue weighted by Gasteiger charge is 2.18. The third-order valence-electron chi connectivity index (χ3n) is 4.29. The Bertz CT molecular complexity index is 765. The summed E-state index contributed by atoms with van der Waals surface area (Å²) in [7, 11) is 0. The number of nitrogens with zero attached hydrogens (tertiary/aromatic N) is 2. The van der Waals surface area contributed by atoms with Crippen LogP contribution in [0.4, 0.5) is 4.39 Å². The van der Waals surface area contributed by atoms with Crippen molar-refractivity contribution in [2.75, 3.05) is 0 Å². The zero-order valence-electron chi connectivity index (χ0n) is 13.4. The van der Waals surface area contributed by atoms with Gasteiger partial charge in [-0.05, 0) is 36.6 Å². The number of hydrogen-bond donors (Lipinski definition) is 1. The number of amides is 1. The molecule has 1 aliphatic carbocycles. The van der Waals surface area contributed by atoms with Crippen molar-refractivity contribution >= 4 is 5.91 Å². The van der Waals surface area contributed by atoms with Crippen molar-refractivity contribution < 1.29 is 9.18 Å². The molecular formula is C18H20FN3O2. The molecule has 0 bridgehead atoms. The van der Waals surface area contributed by atoms with Crippen LogP contribution in [0.25, 0.3) is 0 Å². The Hall–Kier alpha value is -2.50. The van der Waals surface area contributed by atoms with Crippen molar-refractivity contribution in [1.29, 1.82) is 0 Å². The van der Waals surface area contributed by atoms with Crippen LogP contribution in [0.1, 0.15) is 48.2 Å². The van der Waals surface area contributed by atoms with Gasteiger partial charge in [0.25, 0.3) is 11.5 Å². The normalized spacial score (nSPS) is 15.2. The zero-order chi connectivity index (χ0) is 16.9. The van der Waals surface area contributed by atoms with E-state index in [4.69, 9.17) is 0 Å². The predicted octanol–water partition coefficient (Wildman–Crippen LogP) is 2.49. The van der Waals surface area contributed by atoms with Crippen LogP contribution in [0, 0.1) is 5.82 Å². The standard InChI is InChI=1S/C18H20FN3O2/c19-14-8-6-13(7-9-14)12-22-17(23)11-10-16(21-22)18(24)20-15-4-2-1-3-5-15/h6-11,15H,1-5,12H2,(H,20,24). The van der Waals surface area contributed by atoms with E-state index in [0.717, 1.165) is 31.2 Å². The van der Waals surface area contributed by atoms with Gasteiger partial charge in [-0.2, -0.15) is 5.10 Å². The summed E-state index contributed by atoms with van der Waals surface area (Å²) in [6.07, 6.45) is 5.44. The summed E-state index contributed by atoms with van der Waals surface area (Å²) in [6.45, 7) is 0.198. The van der Waals surface area contributed by atoms with Crippen molar-refractivity contribution in [3.05, 3.63) is 63.8 Å². The molecular weight excluding hydrogens is 309 g/mol. The van der Waals surface area contributed by atoms with Crippen molar-refractivity contribution in [1.82, 2.24) is 15.1 Å². The average Bonchev–Trinajstić information content (AvgIpc) is 2.59. The fraction of sp³-hybridized carbons (Fsp3) is 0.389. The summed E-state index contributed by atoms with van der Waals surface area (Å²) in [5.74, 6) is -0.588. The highest BCUT2D eigenvalue weighted by atomic mass is 19.1. The van der Waals surface area contributed by atoms with Crippen LogP contribution >= 0.6 is 0 Å². The molecule has 1 aromatic heterocycles. The summed E-state index contributed by atoms with van der Waals surface area (Å²) in [5.41, 5.74) is 0.673. The minimum absolute atomic E-state index is 0.186. The number of rotatable bonds is 4. The van der Waals surface area contributed by atoms with Crippen LogP contribution in [-0.2, 0) is 6.54 Å². The van der Waals surface area contributed by atoms with Crippen LogP contribution < -0.4 is 10.9 Å². The second-order valence-corrected chi connectivity index (χ2v) is 6.15. The van der Waals surface area contributed by atoms with E-state index in [9.17, 15) is 14.0 Å². The van der Waals surface area contributed by atoms with Crippen molar-refractivity contribution in [2.45, 2.75) is 44.7 Å². The lowest BCUT2D eigenvalue weighted by atomic mass is 9.95. The van der Waals surface area contributed by atoms with E-state index in [1.807, 2.05) is 0 Å². The summed E-state index contributed by atoms with van der Waals surface area (Å²) >= 11 is 0. The van der Waals surface area contributed by atoms with Crippen molar-refractivity contribution in [3.8, 4) is 0 Å². The molecule has 0 atom stereocenters. The van der Waals surface area contributed by atoms with Crippen LogP contribution in [0.5, 0.6) is 0 Å². The fourth-order valence-corrected chi connectivity index (χ4v) is 2.95. The Morgan fingerprint density at radius 1 is 1.12 bits per heavy atom. The smallest absolute Gasteiger partial charge is 0.271 e. The molecule has 2 aromatic rings. The Morgan fingerprint density at radius 2 is 1.83 bits per heavy atom. The number of carbonyl (C=O) groups is 1. The molecule has 1 amide bonds. The lowest BCUT2D eigenvalue weighted by Crippen LogP contribution is -2.37. The van der Waals surface area contributed by atoms with Gasteiger partial charge < -0.3 is 5.32 Å². The first-order chi connectivity index (χ1) is 11.6. The second kappa shape index (κ2) is 7.38. The van der Waals surface area contributed by atoms with Gasteiger partial charge in [-0.3, -0.25) is 9.59 Å². The third-order valence-corrected chi connectivity index (χ3v) is 4.29. The molecule has 126 valence electrons. The quantitative estimate of drug-likeness (QED) is 0.937. The van der Waals surface area contributed by atoms with Gasteiger partial charge in [0.1, 0.15) is 11.5 Å². The van der Waals surface area contributed by atoms with Crippen molar-refractivity contribution in [2.24, 2.45) is 0 Å². The molecule has 24 heavy (non-hydrogen) atoms. The first kappa shape index (κ1) is 16.4. The van der Waals surface area contributed by atoms with Gasteiger partial charge in [0.2, 0.25) is 0 Å². The van der Waals surface area contributed by atoms with Gasteiger partial charge in [-0.25, -0.2) is 9.07 Å². The number of nitrogens with one attached hydrogen (secondary N) is 1. The Kier molecular flexibility index (Phi) is 5.03. The molecule has 1 N–H and O–H groups in total. The van der Waals surface area contributed by atoms with Gasteiger partial charge >= 0.3 is 0 Å². The second-order valence-electron chi connectivity index (χ2n) is 6.15. The van der Waals surface area contributed by atoms with Crippen LogP contribution in [0.2, 0.25) is 0 Å². The lowest BCUT2D eigenvalue weighted by Gasteiger charge is -2.22. The minimum atomic E-state index is -0.334. The molecule has 1 aliphatic rings. The first-order valence-electron chi connectivity index (χ1n) is 8.25. The molecule has 3 rings (SSSR count). The number of hydrogen-bond acceptors (Lipinski definition) is 3. The molecule has 0 unspecified atom stereocenters. The third kappa shape index (κ3) is 4.07. The maximum Gasteiger partial charge on any atom is 0.271 e. The number of benzene rings is 1. The van der Waals surface area contributed by atoms with E-state index in [2.05, 4.69) is 10.4 Å². The van der Waals surface area contributed by atoms with Crippen LogP contribution in [0.15, 0.2) is 41.2 Å². The van der Waals surface area contributed by atoms with Gasteiger partial charge in [0.05, 0.1) is 6.54 Å². The molecule has 1 saturated carbocycles. The minimum Gasteiger partial charge on any atom is -0.348 e. The maximum absolute atomic E-state index is 13.0. The topological polar surface area (TPSA) is 64.0 Å². The first-order valence-corrected chi connectivity index (χ1v) is 8.25. The summed E-state index contributed by atoms with van der Waals surface area (Å²) in [6, 6.07) is 8.83. The number of carbonyl (C=O) groups excluding carboxylic acids is 1. The SMILES string of the molecule is O=C(NC1CCCCC1)c1ccc(=O)n(Cc2ccc(F)cc2)n1. The number of halogens is 1. The molecule has 0 radical (unpaired) electrons. The molecule has 0 saturated heterocycles. The highest BCUT2D eigenvalue weighted by molar-refractivity contribution is 5.92. The van der Waals surface area contributed by atoms with Crippen molar-refractivity contribution in [3.63, 3.8) is 0 Å². The molecule has 5 nitrogen and oxygen atoms in total. The van der Waals surface area contributed by atoms with Gasteiger partial charge in [0, 0.05) is 12.1 Å². The van der Waals surface area contributed by atoms with E-state index in [1.165, 1.54) is 35.4 Å². The van der Waals surface area contributed by atoms with Crippen LogP contribution in [0.3, 0.4) is 0 Å². The summed E-state index contributed by atoms with van der Waals surface area (Å²) < 4.78 is 14.2. The monoisotopic (exact) mass is 329 g/mol. The van der Waals surface area contributed by atoms with E-state index >= 15 is 0 Å². The maximum atomic E-state index is 13.0. The van der Waals surface area contributed by atoms with E-state index in [-0.39, 0.29) is 35.6 Å². The number of aromatic nitrogens is 2. The molecule has 0 spiro atoms. The molecule has 1 aromatic carbocycles. The average molecular weight is 329 g/mol. The van der Waals surface area contributed by atoms with E-state index in [0.29, 0.717) is 0 Å². The van der Waals surface area contributed by atoms with Gasteiger partial charge in [0.15, 0.2) is 0 Å². The van der Waals surface area contributed by atoms with E-state index < -0.39 is 0 Å². The molecule has 1 heterocycles. The molecule has 6 heteroatoms. The van der Waals surface area contributed by atoms with E-state index in [1.54, 1.807) is 12.1 Å². The zero-order valence-corrected chi connectivity index (χ0v) is 13.4. The molecule has 1 fully saturated rings. The largest absolute Gasteiger partial charge is 0.348 e. The summed E-state index contributed by atoms with van der Waals surface area (Å²) in [4.78, 5) is 24.3. The summed E-state index contributed by atoms with van der Waals surface area (Å²) in [5, 5.41) is 7.14. The van der Waals surface area contributed by atoms with Crippen LogP contribution in [-0.4, -0.2) is 21.7 Å². The predicted molar refractivity (Wildman–Crippen MR) is 88.3 cm³/mol.